The van der Waals surface area contributed by atoms with Crippen LogP contribution in [0, 0.1) is 0 Å². The first-order chi connectivity index (χ1) is 14.9. The second kappa shape index (κ2) is 13.9. The Bertz CT molecular complexity index is 719. The third-order valence-electron chi connectivity index (χ3n) is 6.04. The summed E-state index contributed by atoms with van der Waals surface area (Å²) in [5.41, 5.74) is 0.593. The predicted octanol–water partition coefficient (Wildman–Crippen LogP) is 4.67. The number of nitrogens with zero attached hydrogens (tertiary/aromatic N) is 2. The highest BCUT2D eigenvalue weighted by Crippen LogP contribution is 2.26. The Morgan fingerprint density at radius 3 is 2.35 bits per heavy atom. The van der Waals surface area contributed by atoms with E-state index in [1.54, 1.807) is 19.2 Å². The number of rotatable bonds is 15. The maximum Gasteiger partial charge on any atom is 0.301 e. The van der Waals surface area contributed by atoms with Gasteiger partial charge in [-0.3, -0.25) is 4.72 Å². The number of para-hydroxylation sites is 1. The van der Waals surface area contributed by atoms with Crippen molar-refractivity contribution in [2.24, 2.45) is 0 Å². The van der Waals surface area contributed by atoms with Gasteiger partial charge in [0.05, 0.1) is 6.10 Å². The van der Waals surface area contributed by atoms with E-state index in [0.717, 1.165) is 51.8 Å². The summed E-state index contributed by atoms with van der Waals surface area (Å²) in [7, 11) is 0.272. The summed E-state index contributed by atoms with van der Waals surface area (Å²) in [6.07, 6.45) is 11.8. The van der Waals surface area contributed by atoms with Gasteiger partial charge in [0.2, 0.25) is 0 Å². The van der Waals surface area contributed by atoms with Gasteiger partial charge in [-0.05, 0) is 64.3 Å². The Morgan fingerprint density at radius 2 is 1.68 bits per heavy atom. The van der Waals surface area contributed by atoms with Gasteiger partial charge in [-0.25, -0.2) is 0 Å². The molecule has 7 heteroatoms. The molecule has 1 aliphatic rings. The number of benzene rings is 1. The molecule has 0 bridgehead atoms. The van der Waals surface area contributed by atoms with E-state index in [2.05, 4.69) is 23.2 Å². The normalized spacial score (nSPS) is 19.6. The average molecular weight is 452 g/mol. The lowest BCUT2D eigenvalue weighted by molar-refractivity contribution is 0.0157. The number of hydrogen-bond acceptors (Lipinski definition) is 4. The van der Waals surface area contributed by atoms with Crippen LogP contribution in [0.5, 0.6) is 0 Å². The first kappa shape index (κ1) is 25.8. The zero-order chi connectivity index (χ0) is 22.5. The lowest BCUT2D eigenvalue weighted by Gasteiger charge is -2.34. The summed E-state index contributed by atoms with van der Waals surface area (Å²) in [6, 6.07) is 9.06. The van der Waals surface area contributed by atoms with Crippen molar-refractivity contribution in [2.75, 3.05) is 38.5 Å². The number of unbranched alkanes of at least 4 members (excludes halogenated alkanes) is 4. The van der Waals surface area contributed by atoms with Gasteiger partial charge in [-0.1, -0.05) is 43.5 Å². The molecule has 1 fully saturated rings. The number of ether oxygens (including phenoxy) is 1. The number of anilines is 1. The standard InChI is InChI=1S/C24H41N3O3S/c1-4-19-26(2)20-11-6-5-7-12-21-30-24-17-15-23(16-18-24)27(3)31(28,29)25-22-13-9-8-10-14-22/h4,8-10,13-14,23-25H,1,5-7,11-12,15-21H2,2-3H3/t23-,24-. The van der Waals surface area contributed by atoms with E-state index >= 15 is 0 Å². The van der Waals surface area contributed by atoms with E-state index in [1.165, 1.54) is 30.0 Å². The van der Waals surface area contributed by atoms with E-state index in [1.807, 2.05) is 24.3 Å². The minimum Gasteiger partial charge on any atom is -0.378 e. The molecule has 0 aliphatic heterocycles. The third kappa shape index (κ3) is 9.73. The summed E-state index contributed by atoms with van der Waals surface area (Å²) in [6.45, 7) is 6.68. The van der Waals surface area contributed by atoms with Crippen molar-refractivity contribution in [3.8, 4) is 0 Å². The van der Waals surface area contributed by atoms with E-state index in [4.69, 9.17) is 4.74 Å². The molecule has 0 aromatic heterocycles. The van der Waals surface area contributed by atoms with Crippen molar-refractivity contribution in [2.45, 2.75) is 69.9 Å². The molecule has 1 aromatic rings. The van der Waals surface area contributed by atoms with Gasteiger partial charge in [0, 0.05) is 31.9 Å². The van der Waals surface area contributed by atoms with Crippen LogP contribution in [0.2, 0.25) is 0 Å². The molecule has 0 amide bonds. The first-order valence-electron chi connectivity index (χ1n) is 11.6. The fraction of sp³-hybridized carbons (Fsp3) is 0.667. The average Bonchev–Trinajstić information content (AvgIpc) is 2.76. The molecule has 0 unspecified atom stereocenters. The van der Waals surface area contributed by atoms with Gasteiger partial charge in [-0.2, -0.15) is 12.7 Å². The van der Waals surface area contributed by atoms with Gasteiger partial charge < -0.3 is 9.64 Å². The monoisotopic (exact) mass is 451 g/mol. The quantitative estimate of drug-likeness (QED) is 0.311. The van der Waals surface area contributed by atoms with Crippen molar-refractivity contribution in [3.05, 3.63) is 43.0 Å². The highest BCUT2D eigenvalue weighted by atomic mass is 32.2. The minimum absolute atomic E-state index is 0.0280. The summed E-state index contributed by atoms with van der Waals surface area (Å²) < 4.78 is 35.5. The lowest BCUT2D eigenvalue weighted by atomic mass is 9.93. The van der Waals surface area contributed by atoms with Gasteiger partial charge in [0.15, 0.2) is 0 Å². The van der Waals surface area contributed by atoms with Crippen molar-refractivity contribution >= 4 is 15.9 Å². The molecular weight excluding hydrogens is 410 g/mol. The van der Waals surface area contributed by atoms with Crippen LogP contribution in [-0.4, -0.2) is 63.6 Å². The number of hydrogen-bond donors (Lipinski definition) is 1. The zero-order valence-corrected chi connectivity index (χ0v) is 20.2. The molecule has 1 aliphatic carbocycles. The molecular formula is C24H41N3O3S. The van der Waals surface area contributed by atoms with Crippen LogP contribution in [0.4, 0.5) is 5.69 Å². The van der Waals surface area contributed by atoms with Crippen molar-refractivity contribution in [3.63, 3.8) is 0 Å². The fourth-order valence-electron chi connectivity index (χ4n) is 4.07. The smallest absolute Gasteiger partial charge is 0.301 e. The van der Waals surface area contributed by atoms with Gasteiger partial charge in [-0.15, -0.1) is 6.58 Å². The van der Waals surface area contributed by atoms with E-state index < -0.39 is 10.2 Å². The first-order valence-corrected chi connectivity index (χ1v) is 13.1. The van der Waals surface area contributed by atoms with E-state index in [9.17, 15) is 8.42 Å². The Labute approximate surface area is 189 Å². The summed E-state index contributed by atoms with van der Waals surface area (Å²) in [4.78, 5) is 2.30. The number of likely N-dealkylation sites (N-methyl/N-ethyl adjacent to an activating group) is 1. The third-order valence-corrected chi connectivity index (χ3v) is 7.59. The lowest BCUT2D eigenvalue weighted by Crippen LogP contribution is -2.43. The Kier molecular flexibility index (Phi) is 11.6. The van der Waals surface area contributed by atoms with Crippen LogP contribution in [0.3, 0.4) is 0 Å². The molecule has 1 aromatic carbocycles. The molecule has 0 atom stereocenters. The molecule has 0 spiro atoms. The highest BCUT2D eigenvalue weighted by molar-refractivity contribution is 7.90. The minimum atomic E-state index is -3.54. The molecule has 6 nitrogen and oxygen atoms in total. The van der Waals surface area contributed by atoms with Crippen LogP contribution < -0.4 is 4.72 Å². The maximum atomic E-state index is 12.6. The fourth-order valence-corrected chi connectivity index (χ4v) is 5.26. The van der Waals surface area contributed by atoms with Crippen LogP contribution in [0.15, 0.2) is 43.0 Å². The molecule has 1 saturated carbocycles. The van der Waals surface area contributed by atoms with Crippen LogP contribution in [0.1, 0.15) is 57.8 Å². The van der Waals surface area contributed by atoms with Crippen molar-refractivity contribution in [1.82, 2.24) is 9.21 Å². The maximum absolute atomic E-state index is 12.6. The Hall–Kier alpha value is -1.41. The van der Waals surface area contributed by atoms with Gasteiger partial charge in [0.25, 0.3) is 0 Å². The van der Waals surface area contributed by atoms with Crippen molar-refractivity contribution in [1.29, 1.82) is 0 Å². The molecule has 2 rings (SSSR count). The summed E-state index contributed by atoms with van der Waals surface area (Å²) >= 11 is 0. The largest absolute Gasteiger partial charge is 0.378 e. The Balaban J connectivity index is 1.56. The highest BCUT2D eigenvalue weighted by Gasteiger charge is 2.30. The molecule has 1 N–H and O–H groups in total. The van der Waals surface area contributed by atoms with E-state index in [0.29, 0.717) is 5.69 Å². The second-order valence-corrected chi connectivity index (χ2v) is 10.3. The van der Waals surface area contributed by atoms with Gasteiger partial charge in [0.1, 0.15) is 0 Å². The summed E-state index contributed by atoms with van der Waals surface area (Å²) in [5, 5.41) is 0. The van der Waals surface area contributed by atoms with Gasteiger partial charge >= 0.3 is 10.2 Å². The van der Waals surface area contributed by atoms with Crippen LogP contribution in [-0.2, 0) is 14.9 Å². The van der Waals surface area contributed by atoms with Crippen LogP contribution in [0.25, 0.3) is 0 Å². The molecule has 0 saturated heterocycles. The van der Waals surface area contributed by atoms with Crippen LogP contribution >= 0.6 is 0 Å². The second-order valence-electron chi connectivity index (χ2n) is 8.61. The Morgan fingerprint density at radius 1 is 1.03 bits per heavy atom. The molecule has 0 radical (unpaired) electrons. The molecule has 0 heterocycles. The van der Waals surface area contributed by atoms with E-state index in [-0.39, 0.29) is 12.1 Å². The SMILES string of the molecule is C=CCN(C)CCCCCCCO[C@H]1CC[C@H](N(C)S(=O)(=O)Nc2ccccc2)CC1. The topological polar surface area (TPSA) is 61.9 Å². The van der Waals surface area contributed by atoms with Crippen molar-refractivity contribution < 1.29 is 13.2 Å². The summed E-state index contributed by atoms with van der Waals surface area (Å²) in [5.74, 6) is 0. The number of nitrogens with one attached hydrogen (secondary N) is 1. The predicted molar refractivity (Wildman–Crippen MR) is 130 cm³/mol. The molecule has 176 valence electrons. The molecule has 31 heavy (non-hydrogen) atoms. The zero-order valence-electron chi connectivity index (χ0n) is 19.3.